The zero-order valence-electron chi connectivity index (χ0n) is 17.5. The van der Waals surface area contributed by atoms with E-state index in [2.05, 4.69) is 10.0 Å². The second-order valence-electron chi connectivity index (χ2n) is 8.19. The molecule has 1 saturated heterocycles. The molecular formula is C20H31N3O5S. The molecule has 2 N–H and O–H groups in total. The lowest BCUT2D eigenvalue weighted by Gasteiger charge is -2.33. The summed E-state index contributed by atoms with van der Waals surface area (Å²) in [5, 5.41) is 2.91. The maximum atomic E-state index is 12.6. The molecule has 162 valence electrons. The Kier molecular flexibility index (Phi) is 7.65. The number of rotatable bonds is 6. The zero-order valence-corrected chi connectivity index (χ0v) is 18.3. The lowest BCUT2D eigenvalue weighted by molar-refractivity contribution is -0.126. The maximum Gasteiger partial charge on any atom is 0.410 e. The van der Waals surface area contributed by atoms with Gasteiger partial charge in [0.25, 0.3) is 0 Å². The van der Waals surface area contributed by atoms with Gasteiger partial charge in [-0.2, -0.15) is 0 Å². The molecule has 1 fully saturated rings. The summed E-state index contributed by atoms with van der Waals surface area (Å²) in [6.07, 6.45) is 0.790. The predicted octanol–water partition coefficient (Wildman–Crippen LogP) is 2.00. The van der Waals surface area contributed by atoms with Crippen molar-refractivity contribution in [2.24, 2.45) is 5.92 Å². The van der Waals surface area contributed by atoms with Crippen molar-refractivity contribution >= 4 is 22.0 Å². The standard InChI is InChI=1S/C20H31N3O5S/c1-20(2,3)28-19(25)23-11-9-15(10-12-23)18(24)22-13-16-7-5-6-8-17(16)14-29(26,27)21-4/h5-8,15,21H,9-14H2,1-4H3,(H,22,24). The molecule has 0 unspecified atom stereocenters. The molecule has 1 aliphatic rings. The third-order valence-corrected chi connectivity index (χ3v) is 6.06. The molecule has 0 aromatic heterocycles. The summed E-state index contributed by atoms with van der Waals surface area (Å²) in [5.41, 5.74) is 0.882. The molecule has 8 nitrogen and oxygen atoms in total. The van der Waals surface area contributed by atoms with E-state index < -0.39 is 15.6 Å². The third kappa shape index (κ3) is 7.32. The van der Waals surface area contributed by atoms with Gasteiger partial charge in [0.2, 0.25) is 15.9 Å². The van der Waals surface area contributed by atoms with Gasteiger partial charge < -0.3 is 15.0 Å². The van der Waals surface area contributed by atoms with Crippen LogP contribution in [0, 0.1) is 5.92 Å². The van der Waals surface area contributed by atoms with Gasteiger partial charge in [-0.3, -0.25) is 4.79 Å². The predicted molar refractivity (Wildman–Crippen MR) is 111 cm³/mol. The quantitative estimate of drug-likeness (QED) is 0.725. The first-order chi connectivity index (χ1) is 13.5. The largest absolute Gasteiger partial charge is 0.444 e. The Balaban J connectivity index is 1.88. The van der Waals surface area contributed by atoms with Crippen LogP contribution in [0.25, 0.3) is 0 Å². The highest BCUT2D eigenvalue weighted by Gasteiger charge is 2.29. The van der Waals surface area contributed by atoms with Crippen molar-refractivity contribution in [3.63, 3.8) is 0 Å². The SMILES string of the molecule is CNS(=O)(=O)Cc1ccccc1CNC(=O)C1CCN(C(=O)OC(C)(C)C)CC1. The fourth-order valence-electron chi connectivity index (χ4n) is 3.13. The fourth-order valence-corrected chi connectivity index (χ4v) is 3.96. The van der Waals surface area contributed by atoms with Crippen LogP contribution in [0.2, 0.25) is 0 Å². The number of likely N-dealkylation sites (tertiary alicyclic amines) is 1. The topological polar surface area (TPSA) is 105 Å². The number of carbonyl (C=O) groups is 2. The Morgan fingerprint density at radius 2 is 1.72 bits per heavy atom. The van der Waals surface area contributed by atoms with E-state index in [4.69, 9.17) is 4.74 Å². The summed E-state index contributed by atoms with van der Waals surface area (Å²) < 4.78 is 31.4. The number of hydrogen-bond donors (Lipinski definition) is 2. The number of nitrogens with zero attached hydrogens (tertiary/aromatic N) is 1. The van der Waals surface area contributed by atoms with Crippen molar-refractivity contribution in [1.29, 1.82) is 0 Å². The van der Waals surface area contributed by atoms with E-state index >= 15 is 0 Å². The zero-order chi connectivity index (χ0) is 21.7. The number of nitrogens with one attached hydrogen (secondary N) is 2. The third-order valence-electron chi connectivity index (χ3n) is 4.75. The van der Waals surface area contributed by atoms with Gasteiger partial charge >= 0.3 is 6.09 Å². The van der Waals surface area contributed by atoms with E-state index in [9.17, 15) is 18.0 Å². The van der Waals surface area contributed by atoms with Crippen molar-refractivity contribution in [2.45, 2.75) is 51.5 Å². The van der Waals surface area contributed by atoms with Gasteiger partial charge in [-0.15, -0.1) is 0 Å². The molecule has 2 rings (SSSR count). The molecule has 0 atom stereocenters. The lowest BCUT2D eigenvalue weighted by Crippen LogP contribution is -2.44. The summed E-state index contributed by atoms with van der Waals surface area (Å²) in [6.45, 7) is 6.69. The Labute approximate surface area is 173 Å². The number of hydrogen-bond acceptors (Lipinski definition) is 5. The minimum absolute atomic E-state index is 0.0832. The van der Waals surface area contributed by atoms with Crippen molar-refractivity contribution < 1.29 is 22.7 Å². The van der Waals surface area contributed by atoms with Gasteiger partial charge in [-0.25, -0.2) is 17.9 Å². The van der Waals surface area contributed by atoms with Crippen LogP contribution in [0.1, 0.15) is 44.7 Å². The van der Waals surface area contributed by atoms with Crippen LogP contribution in [0.15, 0.2) is 24.3 Å². The molecule has 1 aromatic carbocycles. The number of piperidine rings is 1. The molecule has 0 bridgehead atoms. The highest BCUT2D eigenvalue weighted by molar-refractivity contribution is 7.88. The summed E-state index contributed by atoms with van der Waals surface area (Å²) in [7, 11) is -2.02. The van der Waals surface area contributed by atoms with Crippen LogP contribution >= 0.6 is 0 Å². The molecule has 0 spiro atoms. The van der Waals surface area contributed by atoms with Gasteiger partial charge in [-0.1, -0.05) is 24.3 Å². The Hall–Kier alpha value is -2.13. The van der Waals surface area contributed by atoms with Gasteiger partial charge in [0, 0.05) is 25.6 Å². The molecule has 29 heavy (non-hydrogen) atoms. The molecule has 1 aliphatic heterocycles. The number of carbonyl (C=O) groups excluding carboxylic acids is 2. The van der Waals surface area contributed by atoms with Crippen LogP contribution in [-0.4, -0.2) is 51.1 Å². The summed E-state index contributed by atoms with van der Waals surface area (Å²) in [6, 6.07) is 7.15. The van der Waals surface area contributed by atoms with E-state index in [1.807, 2.05) is 32.9 Å². The number of benzene rings is 1. The Morgan fingerprint density at radius 1 is 1.14 bits per heavy atom. The van der Waals surface area contributed by atoms with E-state index in [-0.39, 0.29) is 30.2 Å². The molecule has 1 heterocycles. The highest BCUT2D eigenvalue weighted by atomic mass is 32.2. The van der Waals surface area contributed by atoms with Gasteiger partial charge in [-0.05, 0) is 51.8 Å². The lowest BCUT2D eigenvalue weighted by atomic mass is 9.96. The maximum absolute atomic E-state index is 12.6. The van der Waals surface area contributed by atoms with Crippen LogP contribution in [-0.2, 0) is 31.9 Å². The van der Waals surface area contributed by atoms with Gasteiger partial charge in [0.1, 0.15) is 5.60 Å². The van der Waals surface area contributed by atoms with Crippen LogP contribution in [0.3, 0.4) is 0 Å². The molecule has 9 heteroatoms. The first-order valence-electron chi connectivity index (χ1n) is 9.74. The van der Waals surface area contributed by atoms with Crippen molar-refractivity contribution in [1.82, 2.24) is 14.9 Å². The van der Waals surface area contributed by atoms with Gasteiger partial charge in [0.05, 0.1) is 5.75 Å². The molecule has 2 amide bonds. The smallest absolute Gasteiger partial charge is 0.410 e. The molecular weight excluding hydrogens is 394 g/mol. The first kappa shape index (κ1) is 23.2. The van der Waals surface area contributed by atoms with Crippen molar-refractivity contribution in [3.05, 3.63) is 35.4 Å². The normalized spacial score (nSPS) is 15.8. The Morgan fingerprint density at radius 3 is 2.28 bits per heavy atom. The van der Waals surface area contributed by atoms with Gasteiger partial charge in [0.15, 0.2) is 0 Å². The van der Waals surface area contributed by atoms with Crippen LogP contribution in [0.5, 0.6) is 0 Å². The first-order valence-corrected chi connectivity index (χ1v) is 11.4. The Bertz CT molecular complexity index is 825. The van der Waals surface area contributed by atoms with E-state index in [0.29, 0.717) is 31.5 Å². The fraction of sp³-hybridized carbons (Fsp3) is 0.600. The average Bonchev–Trinajstić information content (AvgIpc) is 2.65. The number of ether oxygens (including phenoxy) is 1. The second kappa shape index (κ2) is 9.58. The molecule has 0 aliphatic carbocycles. The second-order valence-corrected chi connectivity index (χ2v) is 10.1. The summed E-state index contributed by atoms with van der Waals surface area (Å²) >= 11 is 0. The molecule has 0 radical (unpaired) electrons. The van der Waals surface area contributed by atoms with Crippen molar-refractivity contribution in [3.8, 4) is 0 Å². The van der Waals surface area contributed by atoms with Crippen molar-refractivity contribution in [2.75, 3.05) is 20.1 Å². The van der Waals surface area contributed by atoms with E-state index in [1.54, 1.807) is 17.0 Å². The van der Waals surface area contributed by atoms with E-state index in [1.165, 1.54) is 7.05 Å². The number of sulfonamides is 1. The highest BCUT2D eigenvalue weighted by Crippen LogP contribution is 2.20. The van der Waals surface area contributed by atoms with Crippen LogP contribution in [0.4, 0.5) is 4.79 Å². The minimum Gasteiger partial charge on any atom is -0.444 e. The summed E-state index contributed by atoms with van der Waals surface area (Å²) in [5.74, 6) is -0.397. The minimum atomic E-state index is -3.39. The van der Waals surface area contributed by atoms with E-state index in [0.717, 1.165) is 5.56 Å². The number of amides is 2. The summed E-state index contributed by atoms with van der Waals surface area (Å²) in [4.78, 5) is 26.3. The molecule has 1 aromatic rings. The van der Waals surface area contributed by atoms with Crippen LogP contribution < -0.4 is 10.0 Å². The monoisotopic (exact) mass is 425 g/mol. The molecule has 0 saturated carbocycles. The average molecular weight is 426 g/mol.